The van der Waals surface area contributed by atoms with Gasteiger partial charge in [-0.25, -0.2) is 4.98 Å². The first-order valence-electron chi connectivity index (χ1n) is 9.72. The third-order valence-corrected chi connectivity index (χ3v) is 5.40. The monoisotopic (exact) mass is 457 g/mol. The molecule has 1 aromatic heterocycles. The molecule has 6 nitrogen and oxygen atoms in total. The van der Waals surface area contributed by atoms with Crippen molar-refractivity contribution >= 4 is 40.9 Å². The second kappa shape index (κ2) is 10.9. The second-order valence-corrected chi connectivity index (χ2v) is 7.88. The first-order chi connectivity index (χ1) is 15.0. The highest BCUT2D eigenvalue weighted by molar-refractivity contribution is 6.30. The van der Waals surface area contributed by atoms with Gasteiger partial charge in [-0.05, 0) is 42.7 Å². The second-order valence-electron chi connectivity index (χ2n) is 7.01. The highest BCUT2D eigenvalue weighted by atomic mass is 35.5. The van der Waals surface area contributed by atoms with Crippen molar-refractivity contribution in [2.45, 2.75) is 25.3 Å². The number of aromatic nitrogens is 2. The summed E-state index contributed by atoms with van der Waals surface area (Å²) in [5, 5.41) is 10.5. The van der Waals surface area contributed by atoms with E-state index in [0.717, 1.165) is 10.6 Å². The topological polar surface area (TPSA) is 83.4 Å². The Morgan fingerprint density at radius 2 is 1.68 bits per heavy atom. The molecular weight excluding hydrogens is 437 g/mol. The molecule has 0 spiro atoms. The van der Waals surface area contributed by atoms with Gasteiger partial charge in [0.05, 0.1) is 18.7 Å². The Labute approximate surface area is 190 Å². The fraction of sp³-hybridized carbons (Fsp3) is 0.217. The molecule has 3 aromatic rings. The smallest absolute Gasteiger partial charge is 0.304 e. The van der Waals surface area contributed by atoms with Gasteiger partial charge in [-0.1, -0.05) is 53.5 Å². The molecule has 1 aliphatic rings. The summed E-state index contributed by atoms with van der Waals surface area (Å²) < 4.78 is 0. The number of carboxylic acid groups (broad SMARTS) is 1. The Hall–Kier alpha value is -2.96. The lowest BCUT2D eigenvalue weighted by molar-refractivity contribution is -0.141. The zero-order valence-corrected chi connectivity index (χ0v) is 18.1. The minimum Gasteiger partial charge on any atom is -0.481 e. The predicted octanol–water partition coefficient (Wildman–Crippen LogP) is 5.43. The average molecular weight is 458 g/mol. The fourth-order valence-corrected chi connectivity index (χ4v) is 3.74. The summed E-state index contributed by atoms with van der Waals surface area (Å²) in [6, 6.07) is 16.5. The zero-order valence-electron chi connectivity index (χ0n) is 16.6. The van der Waals surface area contributed by atoms with Gasteiger partial charge in [0, 0.05) is 28.4 Å². The molecule has 2 aromatic carbocycles. The van der Waals surface area contributed by atoms with Crippen LogP contribution in [-0.4, -0.2) is 27.0 Å². The lowest BCUT2D eigenvalue weighted by Crippen LogP contribution is -2.44. The predicted molar refractivity (Wildman–Crippen MR) is 120 cm³/mol. The molecule has 31 heavy (non-hydrogen) atoms. The van der Waals surface area contributed by atoms with Crippen LogP contribution in [0.5, 0.6) is 0 Å². The molecule has 1 aliphatic heterocycles. The number of carbonyl (C=O) groups excluding carboxylic acids is 1. The van der Waals surface area contributed by atoms with Crippen LogP contribution in [0.25, 0.3) is 0 Å². The lowest BCUT2D eigenvalue weighted by Gasteiger charge is -2.38. The molecule has 2 heterocycles. The molecule has 0 unspecified atom stereocenters. The molecular formula is C23H21Cl2N3O3. The van der Waals surface area contributed by atoms with Crippen LogP contribution in [0.15, 0.2) is 73.2 Å². The van der Waals surface area contributed by atoms with E-state index in [1.807, 2.05) is 42.5 Å². The molecule has 8 heteroatoms. The van der Waals surface area contributed by atoms with E-state index in [2.05, 4.69) is 9.97 Å². The van der Waals surface area contributed by atoms with Crippen molar-refractivity contribution in [1.82, 2.24) is 9.97 Å². The number of anilines is 1. The molecule has 2 atom stereocenters. The summed E-state index contributed by atoms with van der Waals surface area (Å²) in [7, 11) is 0. The maximum absolute atomic E-state index is 12.9. The molecule has 160 valence electrons. The van der Waals surface area contributed by atoms with Crippen LogP contribution < -0.4 is 4.90 Å². The van der Waals surface area contributed by atoms with Crippen LogP contribution in [0.4, 0.5) is 5.82 Å². The molecule has 0 radical (unpaired) electrons. The largest absolute Gasteiger partial charge is 0.481 e. The van der Waals surface area contributed by atoms with Crippen molar-refractivity contribution in [3.05, 3.63) is 88.8 Å². The van der Waals surface area contributed by atoms with E-state index in [4.69, 9.17) is 28.3 Å². The number of rotatable bonds is 4. The van der Waals surface area contributed by atoms with Crippen molar-refractivity contribution < 1.29 is 14.7 Å². The van der Waals surface area contributed by atoms with Crippen LogP contribution in [0.1, 0.15) is 30.9 Å². The summed E-state index contributed by atoms with van der Waals surface area (Å²) in [4.78, 5) is 33.7. The molecule has 1 fully saturated rings. The van der Waals surface area contributed by atoms with Crippen molar-refractivity contribution in [3.8, 4) is 0 Å². The van der Waals surface area contributed by atoms with Crippen molar-refractivity contribution in [2.24, 2.45) is 5.92 Å². The average Bonchev–Trinajstić information content (AvgIpc) is 2.77. The van der Waals surface area contributed by atoms with Crippen LogP contribution >= 0.6 is 23.2 Å². The van der Waals surface area contributed by atoms with E-state index in [-0.39, 0.29) is 18.4 Å². The van der Waals surface area contributed by atoms with Crippen LogP contribution in [0.3, 0.4) is 0 Å². The highest BCUT2D eigenvalue weighted by Crippen LogP contribution is 2.38. The Balaban J connectivity index is 0.000000330. The molecule has 1 saturated heterocycles. The van der Waals surface area contributed by atoms with E-state index in [0.29, 0.717) is 23.7 Å². The number of hydrogen-bond donors (Lipinski definition) is 1. The highest BCUT2D eigenvalue weighted by Gasteiger charge is 2.38. The van der Waals surface area contributed by atoms with Crippen LogP contribution in [-0.2, 0) is 9.59 Å². The summed E-state index contributed by atoms with van der Waals surface area (Å²) in [6.45, 7) is 0. The molecule has 0 bridgehead atoms. The van der Waals surface area contributed by atoms with Gasteiger partial charge in [0.15, 0.2) is 5.82 Å². The summed E-state index contributed by atoms with van der Waals surface area (Å²) in [5.74, 6) is -1.33. The van der Waals surface area contributed by atoms with Crippen LogP contribution in [0, 0.1) is 5.92 Å². The third kappa shape index (κ3) is 6.26. The summed E-state index contributed by atoms with van der Waals surface area (Å²) in [6.07, 6.45) is 5.57. The fourth-order valence-electron chi connectivity index (χ4n) is 3.47. The first-order valence-corrected chi connectivity index (χ1v) is 10.5. The molecule has 1 N–H and O–H groups in total. The van der Waals surface area contributed by atoms with E-state index in [1.54, 1.807) is 17.0 Å². The van der Waals surface area contributed by atoms with Gasteiger partial charge in [0.2, 0.25) is 5.91 Å². The number of halogens is 2. The molecule has 4 rings (SSSR count). The summed E-state index contributed by atoms with van der Waals surface area (Å²) in [5.41, 5.74) is 0.937. The Bertz CT molecular complexity index is 1000. The summed E-state index contributed by atoms with van der Waals surface area (Å²) >= 11 is 11.5. The van der Waals surface area contributed by atoms with E-state index in [1.165, 1.54) is 18.6 Å². The molecule has 0 saturated carbocycles. The van der Waals surface area contributed by atoms with Gasteiger partial charge in [-0.3, -0.25) is 19.5 Å². The SMILES string of the molecule is Clc1ccccc1.O=C(O)C[C@H]1CC[C@@H](c2ccc(Cl)cc2)N(c2cnccn2)C1=O. The maximum atomic E-state index is 12.9. The van der Waals surface area contributed by atoms with Crippen LogP contribution in [0.2, 0.25) is 10.0 Å². The van der Waals surface area contributed by atoms with Gasteiger partial charge < -0.3 is 5.11 Å². The van der Waals surface area contributed by atoms with E-state index in [9.17, 15) is 9.59 Å². The van der Waals surface area contributed by atoms with E-state index >= 15 is 0 Å². The lowest BCUT2D eigenvalue weighted by atomic mass is 9.86. The minimum absolute atomic E-state index is 0.178. The number of aliphatic carboxylic acids is 1. The Morgan fingerprint density at radius 1 is 1.00 bits per heavy atom. The quantitative estimate of drug-likeness (QED) is 0.564. The van der Waals surface area contributed by atoms with E-state index < -0.39 is 11.9 Å². The number of piperidine rings is 1. The number of benzene rings is 2. The van der Waals surface area contributed by atoms with Gasteiger partial charge in [0.25, 0.3) is 0 Å². The molecule has 0 aliphatic carbocycles. The first kappa shape index (κ1) is 22.7. The standard InChI is InChI=1S/C17H16ClN3O3.C6H5Cl/c18-13-4-1-11(2-5-13)14-6-3-12(9-16(22)23)17(24)21(14)15-10-19-7-8-20-15;7-6-4-2-1-3-5-6/h1-2,4-5,7-8,10,12,14H,3,6,9H2,(H,22,23);1-5H/t12-,14+;/m1./s1. The number of hydrogen-bond acceptors (Lipinski definition) is 4. The maximum Gasteiger partial charge on any atom is 0.304 e. The van der Waals surface area contributed by atoms with Crippen molar-refractivity contribution in [1.29, 1.82) is 0 Å². The number of amides is 1. The Morgan fingerprint density at radius 3 is 2.23 bits per heavy atom. The normalized spacial score (nSPS) is 18.1. The van der Waals surface area contributed by atoms with Crippen molar-refractivity contribution in [3.63, 3.8) is 0 Å². The third-order valence-electron chi connectivity index (χ3n) is 4.89. The number of carbonyl (C=O) groups is 2. The zero-order chi connectivity index (χ0) is 22.2. The Kier molecular flexibility index (Phi) is 7.98. The number of carboxylic acids is 1. The van der Waals surface area contributed by atoms with Gasteiger partial charge >= 0.3 is 5.97 Å². The minimum atomic E-state index is -0.975. The van der Waals surface area contributed by atoms with Gasteiger partial charge in [0.1, 0.15) is 0 Å². The van der Waals surface area contributed by atoms with Gasteiger partial charge in [-0.2, -0.15) is 0 Å². The van der Waals surface area contributed by atoms with Crippen molar-refractivity contribution in [2.75, 3.05) is 4.90 Å². The molecule has 1 amide bonds. The number of nitrogens with zero attached hydrogens (tertiary/aromatic N) is 3. The van der Waals surface area contributed by atoms with Gasteiger partial charge in [-0.15, -0.1) is 0 Å².